The van der Waals surface area contributed by atoms with Crippen LogP contribution in [-0.4, -0.2) is 17.0 Å². The Morgan fingerprint density at radius 2 is 2.09 bits per heavy atom. The Bertz CT molecular complexity index is 486. The molecule has 0 aliphatic heterocycles. The fraction of sp³-hybridized carbons (Fsp3) is 0.550. The molecule has 0 spiro atoms. The van der Waals surface area contributed by atoms with Crippen LogP contribution >= 0.6 is 0 Å². The van der Waals surface area contributed by atoms with E-state index in [0.29, 0.717) is 19.3 Å². The highest BCUT2D eigenvalue weighted by molar-refractivity contribution is 6.07. The number of carbonyl (C=O) groups excluding carboxylic acids is 1. The SMILES string of the molecule is CC/C=C\CC(O)C/C=C1/C(=O)C=CC1CC#CCCCC. The Balaban J connectivity index is 2.50. The number of aliphatic hydroxyl groups excluding tert-OH is 1. The van der Waals surface area contributed by atoms with Crippen LogP contribution in [0.15, 0.2) is 36.0 Å². The molecule has 2 nitrogen and oxygen atoms in total. The van der Waals surface area contributed by atoms with Crippen molar-refractivity contribution >= 4 is 5.78 Å². The number of unbranched alkanes of at least 4 members (excludes halogenated alkanes) is 2. The van der Waals surface area contributed by atoms with E-state index in [4.69, 9.17) is 0 Å². The maximum atomic E-state index is 11.9. The molecule has 0 heterocycles. The summed E-state index contributed by atoms with van der Waals surface area (Å²) in [6, 6.07) is 0. The summed E-state index contributed by atoms with van der Waals surface area (Å²) >= 11 is 0. The van der Waals surface area contributed by atoms with Crippen LogP contribution in [0.1, 0.15) is 58.8 Å². The van der Waals surface area contributed by atoms with E-state index in [2.05, 4.69) is 25.7 Å². The first kappa shape index (κ1) is 18.5. The molecule has 1 rings (SSSR count). The molecule has 0 fully saturated rings. The standard InChI is InChI=1S/C20H28O2/c1-3-5-7-8-10-11-17-13-16-20(22)19(17)15-14-18(21)12-9-6-4-2/h6,9,13,15-18,21H,3-5,7,11-12,14H2,1-2H3/b9-6-,19-15+. The summed E-state index contributed by atoms with van der Waals surface area (Å²) in [6.07, 6.45) is 15.2. The van der Waals surface area contributed by atoms with Crippen molar-refractivity contribution in [2.75, 3.05) is 0 Å². The van der Waals surface area contributed by atoms with E-state index in [-0.39, 0.29) is 11.7 Å². The van der Waals surface area contributed by atoms with Crippen molar-refractivity contribution in [3.8, 4) is 11.8 Å². The number of allylic oxidation sites excluding steroid dienone is 4. The molecule has 1 N–H and O–H groups in total. The number of hydrogen-bond acceptors (Lipinski definition) is 2. The minimum atomic E-state index is -0.417. The second kappa shape index (κ2) is 11.0. The van der Waals surface area contributed by atoms with Crippen LogP contribution in [0.4, 0.5) is 0 Å². The van der Waals surface area contributed by atoms with E-state index in [1.54, 1.807) is 6.08 Å². The van der Waals surface area contributed by atoms with Gasteiger partial charge in [0.15, 0.2) is 5.78 Å². The molecular weight excluding hydrogens is 272 g/mol. The van der Waals surface area contributed by atoms with E-state index in [0.717, 1.165) is 31.3 Å². The highest BCUT2D eigenvalue weighted by Gasteiger charge is 2.22. The molecule has 2 unspecified atom stereocenters. The number of hydrogen-bond donors (Lipinski definition) is 1. The lowest BCUT2D eigenvalue weighted by Crippen LogP contribution is -2.07. The van der Waals surface area contributed by atoms with Gasteiger partial charge in [0.1, 0.15) is 0 Å². The quantitative estimate of drug-likeness (QED) is 0.313. The van der Waals surface area contributed by atoms with Crippen molar-refractivity contribution in [3.63, 3.8) is 0 Å². The van der Waals surface area contributed by atoms with Gasteiger partial charge >= 0.3 is 0 Å². The maximum absolute atomic E-state index is 11.9. The molecule has 2 atom stereocenters. The van der Waals surface area contributed by atoms with Gasteiger partial charge in [0.2, 0.25) is 0 Å². The summed E-state index contributed by atoms with van der Waals surface area (Å²) in [5.41, 5.74) is 0.795. The van der Waals surface area contributed by atoms with Crippen molar-refractivity contribution < 1.29 is 9.90 Å². The van der Waals surface area contributed by atoms with Gasteiger partial charge in [-0.1, -0.05) is 44.6 Å². The zero-order valence-electron chi connectivity index (χ0n) is 13.8. The lowest BCUT2D eigenvalue weighted by molar-refractivity contribution is -0.111. The summed E-state index contributed by atoms with van der Waals surface area (Å²) in [5.74, 6) is 6.50. The highest BCUT2D eigenvalue weighted by Crippen LogP contribution is 2.25. The van der Waals surface area contributed by atoms with E-state index in [1.165, 1.54) is 0 Å². The van der Waals surface area contributed by atoms with Crippen LogP contribution in [0.2, 0.25) is 0 Å². The van der Waals surface area contributed by atoms with Crippen molar-refractivity contribution in [1.82, 2.24) is 0 Å². The molecule has 120 valence electrons. The van der Waals surface area contributed by atoms with E-state index in [9.17, 15) is 9.90 Å². The number of ketones is 1. The molecular formula is C20H28O2. The normalized spacial score (nSPS) is 20.6. The Morgan fingerprint density at radius 1 is 1.27 bits per heavy atom. The summed E-state index contributed by atoms with van der Waals surface area (Å²) in [4.78, 5) is 11.9. The molecule has 0 saturated heterocycles. The number of aliphatic hydroxyl groups is 1. The smallest absolute Gasteiger partial charge is 0.181 e. The monoisotopic (exact) mass is 300 g/mol. The Kier molecular flexibility index (Phi) is 9.26. The Morgan fingerprint density at radius 3 is 2.82 bits per heavy atom. The van der Waals surface area contributed by atoms with Gasteiger partial charge in [-0.15, -0.1) is 11.8 Å². The van der Waals surface area contributed by atoms with Crippen LogP contribution in [0.5, 0.6) is 0 Å². The average molecular weight is 300 g/mol. The van der Waals surface area contributed by atoms with E-state index < -0.39 is 6.10 Å². The Hall–Kier alpha value is -1.59. The third kappa shape index (κ3) is 6.91. The predicted molar refractivity (Wildman–Crippen MR) is 92.3 cm³/mol. The fourth-order valence-corrected chi connectivity index (χ4v) is 2.33. The molecule has 0 saturated carbocycles. The molecule has 0 amide bonds. The molecule has 2 heteroatoms. The number of rotatable bonds is 8. The topological polar surface area (TPSA) is 37.3 Å². The van der Waals surface area contributed by atoms with E-state index >= 15 is 0 Å². The van der Waals surface area contributed by atoms with Crippen molar-refractivity contribution in [2.45, 2.75) is 64.9 Å². The molecule has 22 heavy (non-hydrogen) atoms. The summed E-state index contributed by atoms with van der Waals surface area (Å²) in [5, 5.41) is 9.93. The van der Waals surface area contributed by atoms with Crippen molar-refractivity contribution in [3.05, 3.63) is 36.0 Å². The van der Waals surface area contributed by atoms with Crippen LogP contribution in [0.3, 0.4) is 0 Å². The second-order valence-corrected chi connectivity index (χ2v) is 5.66. The Labute approximate surface area is 135 Å². The lowest BCUT2D eigenvalue weighted by Gasteiger charge is -2.09. The van der Waals surface area contributed by atoms with Crippen LogP contribution in [0.25, 0.3) is 0 Å². The van der Waals surface area contributed by atoms with Gasteiger partial charge in [-0.2, -0.15) is 0 Å². The fourth-order valence-electron chi connectivity index (χ4n) is 2.33. The van der Waals surface area contributed by atoms with Crippen molar-refractivity contribution in [1.29, 1.82) is 0 Å². The molecule has 1 aliphatic rings. The van der Waals surface area contributed by atoms with Crippen LogP contribution < -0.4 is 0 Å². The van der Waals surface area contributed by atoms with Crippen molar-refractivity contribution in [2.24, 2.45) is 5.92 Å². The summed E-state index contributed by atoms with van der Waals surface area (Å²) in [6.45, 7) is 4.22. The van der Waals surface area contributed by atoms with Gasteiger partial charge in [-0.05, 0) is 31.8 Å². The maximum Gasteiger partial charge on any atom is 0.181 e. The molecule has 0 radical (unpaired) electrons. The zero-order valence-corrected chi connectivity index (χ0v) is 13.8. The highest BCUT2D eigenvalue weighted by atomic mass is 16.3. The summed E-state index contributed by atoms with van der Waals surface area (Å²) in [7, 11) is 0. The summed E-state index contributed by atoms with van der Waals surface area (Å²) < 4.78 is 0. The van der Waals surface area contributed by atoms with Crippen LogP contribution in [-0.2, 0) is 4.79 Å². The van der Waals surface area contributed by atoms with E-state index in [1.807, 2.05) is 24.3 Å². The molecule has 0 aromatic carbocycles. The largest absolute Gasteiger partial charge is 0.392 e. The molecule has 0 aromatic rings. The lowest BCUT2D eigenvalue weighted by atomic mass is 9.96. The second-order valence-electron chi connectivity index (χ2n) is 5.66. The molecule has 0 bridgehead atoms. The van der Waals surface area contributed by atoms with Gasteiger partial charge in [0, 0.05) is 24.3 Å². The molecule has 1 aliphatic carbocycles. The average Bonchev–Trinajstić information content (AvgIpc) is 2.85. The van der Waals surface area contributed by atoms with Gasteiger partial charge in [-0.25, -0.2) is 0 Å². The first-order chi connectivity index (χ1) is 10.7. The van der Waals surface area contributed by atoms with Gasteiger partial charge in [-0.3, -0.25) is 4.79 Å². The van der Waals surface area contributed by atoms with Gasteiger partial charge in [0.05, 0.1) is 6.10 Å². The van der Waals surface area contributed by atoms with Gasteiger partial charge < -0.3 is 5.11 Å². The minimum absolute atomic E-state index is 0.0664. The first-order valence-electron chi connectivity index (χ1n) is 8.40. The molecule has 0 aromatic heterocycles. The predicted octanol–water partition coefficient (Wildman–Crippen LogP) is 4.36. The first-order valence-corrected chi connectivity index (χ1v) is 8.40. The third-order valence-electron chi connectivity index (χ3n) is 3.69. The third-order valence-corrected chi connectivity index (χ3v) is 3.69. The van der Waals surface area contributed by atoms with Crippen LogP contribution in [0, 0.1) is 17.8 Å². The minimum Gasteiger partial charge on any atom is -0.392 e. The zero-order chi connectivity index (χ0) is 16.2. The van der Waals surface area contributed by atoms with Gasteiger partial charge in [0.25, 0.3) is 0 Å². The number of carbonyl (C=O) groups is 1.